The molecule has 2 aliphatic rings. The zero-order chi connectivity index (χ0) is 27.1. The number of hydrogen-bond donors (Lipinski definition) is 0. The van der Waals surface area contributed by atoms with Crippen molar-refractivity contribution >= 4 is 51.5 Å². The van der Waals surface area contributed by atoms with Gasteiger partial charge in [-0.3, -0.25) is 14.2 Å². The van der Waals surface area contributed by atoms with Crippen LogP contribution in [0.3, 0.4) is 0 Å². The summed E-state index contributed by atoms with van der Waals surface area (Å²) in [5.41, 5.74) is 2.53. The van der Waals surface area contributed by atoms with Crippen molar-refractivity contribution in [3.05, 3.63) is 89.4 Å². The Balaban J connectivity index is 1.47. The first-order valence-corrected chi connectivity index (χ1v) is 14.7. The number of hydrogen-bond acceptors (Lipinski definition) is 7. The number of para-hydroxylation sites is 1. The highest BCUT2D eigenvalue weighted by Gasteiger charge is 2.34. The topological polar surface area (TPSA) is 85.9 Å². The number of carbonyl (C=O) groups is 2. The molecule has 200 valence electrons. The Morgan fingerprint density at radius 3 is 2.69 bits per heavy atom. The predicted octanol–water partition coefficient (Wildman–Crippen LogP) is 3.44. The molecule has 0 radical (unpaired) electrons. The molecule has 10 heteroatoms. The maximum absolute atomic E-state index is 13.9. The Morgan fingerprint density at radius 2 is 1.95 bits per heavy atom. The van der Waals surface area contributed by atoms with Crippen LogP contribution >= 0.6 is 22.7 Å². The van der Waals surface area contributed by atoms with E-state index < -0.39 is 12.0 Å². The summed E-state index contributed by atoms with van der Waals surface area (Å²) < 4.78 is 9.44. The molecule has 1 atom stereocenters. The van der Waals surface area contributed by atoms with Crippen LogP contribution in [-0.2, 0) is 20.9 Å². The zero-order valence-corrected chi connectivity index (χ0v) is 23.4. The lowest BCUT2D eigenvalue weighted by molar-refractivity contribution is -0.139. The average molecular weight is 561 g/mol. The van der Waals surface area contributed by atoms with Crippen molar-refractivity contribution in [2.24, 2.45) is 4.99 Å². The molecule has 1 saturated heterocycles. The number of rotatable bonds is 6. The monoisotopic (exact) mass is 560 g/mol. The number of allylic oxidation sites excluding steroid dienone is 1. The van der Waals surface area contributed by atoms with Gasteiger partial charge in [-0.15, -0.1) is 11.3 Å². The highest BCUT2D eigenvalue weighted by atomic mass is 32.1. The van der Waals surface area contributed by atoms with Crippen molar-refractivity contribution in [3.8, 4) is 0 Å². The number of nitrogens with zero attached hydrogens (tertiary/aromatic N) is 4. The van der Waals surface area contributed by atoms with E-state index in [1.54, 1.807) is 18.4 Å². The predicted molar refractivity (Wildman–Crippen MR) is 152 cm³/mol. The van der Waals surface area contributed by atoms with E-state index in [2.05, 4.69) is 4.99 Å². The molecular weight excluding hydrogens is 532 g/mol. The highest BCUT2D eigenvalue weighted by molar-refractivity contribution is 7.10. The fraction of sp³-hybridized carbons (Fsp3) is 0.310. The molecule has 0 unspecified atom stereocenters. The smallest absolute Gasteiger partial charge is 0.338 e. The molecule has 0 spiro atoms. The zero-order valence-electron chi connectivity index (χ0n) is 21.8. The Kier molecular flexibility index (Phi) is 6.82. The molecule has 0 bridgehead atoms. The summed E-state index contributed by atoms with van der Waals surface area (Å²) in [5, 5.41) is 2.90. The van der Waals surface area contributed by atoms with Crippen LogP contribution in [0.2, 0.25) is 0 Å². The number of amides is 1. The molecule has 1 amide bonds. The van der Waals surface area contributed by atoms with Crippen molar-refractivity contribution < 1.29 is 14.3 Å². The molecule has 39 heavy (non-hydrogen) atoms. The summed E-state index contributed by atoms with van der Waals surface area (Å²) in [6.07, 6.45) is 5.92. The maximum atomic E-state index is 13.9. The van der Waals surface area contributed by atoms with E-state index in [9.17, 15) is 14.4 Å². The quantitative estimate of drug-likeness (QED) is 0.338. The molecule has 2 aliphatic heterocycles. The Bertz CT molecular complexity index is 1790. The second kappa shape index (κ2) is 10.4. The summed E-state index contributed by atoms with van der Waals surface area (Å²) in [6.45, 7) is 5.67. The van der Waals surface area contributed by atoms with Crippen LogP contribution in [0, 0.1) is 0 Å². The summed E-state index contributed by atoms with van der Waals surface area (Å²) in [6, 6.07) is 11.2. The van der Waals surface area contributed by atoms with E-state index >= 15 is 0 Å². The Labute approximate surface area is 232 Å². The van der Waals surface area contributed by atoms with E-state index in [-0.39, 0.29) is 24.6 Å². The second-order valence-electron chi connectivity index (χ2n) is 9.64. The first-order chi connectivity index (χ1) is 19.0. The first-order valence-electron chi connectivity index (χ1n) is 13.0. The molecule has 8 nitrogen and oxygen atoms in total. The molecule has 5 heterocycles. The van der Waals surface area contributed by atoms with Crippen LogP contribution in [0.5, 0.6) is 0 Å². The Hall–Kier alpha value is -3.76. The number of fused-ring (bicyclic) bond motifs is 2. The summed E-state index contributed by atoms with van der Waals surface area (Å²) in [4.78, 5) is 47.8. The van der Waals surface area contributed by atoms with Crippen molar-refractivity contribution in [3.63, 3.8) is 0 Å². The lowest BCUT2D eigenvalue weighted by atomic mass is 10.0. The van der Waals surface area contributed by atoms with Gasteiger partial charge in [-0.1, -0.05) is 35.6 Å². The van der Waals surface area contributed by atoms with Gasteiger partial charge in [0.25, 0.3) is 5.56 Å². The lowest BCUT2D eigenvalue weighted by Crippen LogP contribution is -2.39. The van der Waals surface area contributed by atoms with E-state index in [0.29, 0.717) is 20.6 Å². The molecule has 4 aromatic rings. The number of thiophene rings is 1. The number of ether oxygens (including phenoxy) is 1. The van der Waals surface area contributed by atoms with Gasteiger partial charge in [-0.2, -0.15) is 0 Å². The van der Waals surface area contributed by atoms with Gasteiger partial charge in [0.05, 0.1) is 22.4 Å². The Morgan fingerprint density at radius 1 is 1.15 bits per heavy atom. The number of likely N-dealkylation sites (tertiary alicyclic amines) is 1. The molecule has 1 fully saturated rings. The van der Waals surface area contributed by atoms with E-state index in [1.807, 2.05) is 63.5 Å². The first kappa shape index (κ1) is 25.5. The van der Waals surface area contributed by atoms with E-state index in [0.717, 1.165) is 47.3 Å². The van der Waals surface area contributed by atoms with Crippen LogP contribution in [-0.4, -0.2) is 45.6 Å². The van der Waals surface area contributed by atoms with Crippen molar-refractivity contribution in [2.45, 2.75) is 39.3 Å². The molecule has 0 saturated carbocycles. The molecule has 3 aromatic heterocycles. The molecule has 1 aromatic carbocycles. The van der Waals surface area contributed by atoms with Crippen molar-refractivity contribution in [1.82, 2.24) is 14.0 Å². The minimum atomic E-state index is -0.595. The van der Waals surface area contributed by atoms with Crippen LogP contribution < -0.4 is 14.9 Å². The van der Waals surface area contributed by atoms with Crippen molar-refractivity contribution in [2.75, 3.05) is 19.7 Å². The van der Waals surface area contributed by atoms with Gasteiger partial charge in [0.1, 0.15) is 12.6 Å². The minimum Gasteiger partial charge on any atom is -0.463 e. The number of thiazole rings is 1. The summed E-state index contributed by atoms with van der Waals surface area (Å²) in [5.74, 6) is -0.353. The maximum Gasteiger partial charge on any atom is 0.338 e. The van der Waals surface area contributed by atoms with Gasteiger partial charge in [-0.25, -0.2) is 9.79 Å². The largest absolute Gasteiger partial charge is 0.463 e. The van der Waals surface area contributed by atoms with Gasteiger partial charge < -0.3 is 14.2 Å². The van der Waals surface area contributed by atoms with Gasteiger partial charge >= 0.3 is 5.97 Å². The standard InChI is InChI=1S/C29H28N4O4S2/c1-3-37-28(36)25-18(2)30-29-33(26(25)22-11-8-14-38-22)27(35)23(39-29)15-19-16-32(21-10-5-4-9-20(19)21)17-24(34)31-12-6-7-13-31/h4-5,8-11,14-16,26H,3,6-7,12-13,17H2,1-2H3/b23-15+/t26-/m0/s1. The second-order valence-corrected chi connectivity index (χ2v) is 11.6. The van der Waals surface area contributed by atoms with Crippen LogP contribution in [0.4, 0.5) is 0 Å². The molecule has 0 aliphatic carbocycles. The van der Waals surface area contributed by atoms with Crippen LogP contribution in [0.1, 0.15) is 43.2 Å². The third kappa shape index (κ3) is 4.57. The van der Waals surface area contributed by atoms with E-state index in [4.69, 9.17) is 4.74 Å². The van der Waals surface area contributed by atoms with Crippen LogP contribution in [0.15, 0.2) is 69.0 Å². The third-order valence-electron chi connectivity index (χ3n) is 7.20. The lowest BCUT2D eigenvalue weighted by Gasteiger charge is -2.23. The SMILES string of the molecule is CCOC(=O)C1=C(C)N=c2s/c(=C/c3cn(CC(=O)N4CCCC4)c4ccccc34)c(=O)n2[C@H]1c1cccs1. The van der Waals surface area contributed by atoms with Gasteiger partial charge in [0.15, 0.2) is 4.80 Å². The molecule has 0 N–H and O–H groups in total. The molecular formula is C29H28N4O4S2. The van der Waals surface area contributed by atoms with Gasteiger partial charge in [-0.05, 0) is 50.3 Å². The number of benzene rings is 1. The number of esters is 1. The third-order valence-corrected chi connectivity index (χ3v) is 9.11. The normalized spacial score (nSPS) is 17.5. The van der Waals surface area contributed by atoms with E-state index in [1.165, 1.54) is 22.7 Å². The van der Waals surface area contributed by atoms with Crippen LogP contribution in [0.25, 0.3) is 17.0 Å². The van der Waals surface area contributed by atoms with Crippen molar-refractivity contribution in [1.29, 1.82) is 0 Å². The van der Waals surface area contributed by atoms with Gasteiger partial charge in [0.2, 0.25) is 5.91 Å². The average Bonchev–Trinajstić information content (AvgIpc) is 3.73. The fourth-order valence-electron chi connectivity index (χ4n) is 5.38. The summed E-state index contributed by atoms with van der Waals surface area (Å²) >= 11 is 2.79. The summed E-state index contributed by atoms with van der Waals surface area (Å²) in [7, 11) is 0. The fourth-order valence-corrected chi connectivity index (χ4v) is 7.24. The molecule has 6 rings (SSSR count). The highest BCUT2D eigenvalue weighted by Crippen LogP contribution is 2.33. The number of carbonyl (C=O) groups excluding carboxylic acids is 2. The number of aromatic nitrogens is 2. The van der Waals surface area contributed by atoms with Gasteiger partial charge in [0, 0.05) is 40.6 Å². The minimum absolute atomic E-state index is 0.108.